The molecule has 2 aromatic rings. The molecule has 0 fully saturated rings. The number of anilines is 1. The Hall–Kier alpha value is -1.39. The third kappa shape index (κ3) is 3.78. The summed E-state index contributed by atoms with van der Waals surface area (Å²) in [5.74, 6) is 0. The van der Waals surface area contributed by atoms with E-state index in [9.17, 15) is 0 Å². The van der Waals surface area contributed by atoms with Crippen molar-refractivity contribution in [1.82, 2.24) is 10.3 Å². The van der Waals surface area contributed by atoms with Crippen LogP contribution in [0.4, 0.5) is 5.69 Å². The van der Waals surface area contributed by atoms with Gasteiger partial charge in [0.2, 0.25) is 0 Å². The summed E-state index contributed by atoms with van der Waals surface area (Å²) in [5.41, 5.74) is 2.25. The fraction of sp³-hybridized carbons (Fsp3) is 0.400. The molecule has 0 aliphatic rings. The van der Waals surface area contributed by atoms with Gasteiger partial charge in [0.25, 0.3) is 0 Å². The second-order valence-electron chi connectivity index (χ2n) is 4.70. The van der Waals surface area contributed by atoms with Gasteiger partial charge in [-0.1, -0.05) is 6.07 Å². The normalized spacial score (nSPS) is 12.4. The topological polar surface area (TPSA) is 28.2 Å². The molecule has 1 N–H and O–H groups in total. The van der Waals surface area contributed by atoms with Crippen molar-refractivity contribution in [3.8, 4) is 0 Å². The van der Waals surface area contributed by atoms with Crippen molar-refractivity contribution in [2.45, 2.75) is 19.4 Å². The molecule has 0 radical (unpaired) electrons. The average molecular weight is 275 g/mol. The van der Waals surface area contributed by atoms with Crippen LogP contribution in [0.5, 0.6) is 0 Å². The Kier molecular flexibility index (Phi) is 4.93. The Balaban J connectivity index is 1.93. The molecular formula is C15H21N3S. The van der Waals surface area contributed by atoms with Crippen LogP contribution in [0, 0.1) is 0 Å². The number of nitrogens with zero attached hydrogens (tertiary/aromatic N) is 2. The van der Waals surface area contributed by atoms with Crippen LogP contribution >= 0.6 is 11.3 Å². The second kappa shape index (κ2) is 6.68. The molecule has 0 bridgehead atoms. The Morgan fingerprint density at radius 1 is 1.37 bits per heavy atom. The lowest BCUT2D eigenvalue weighted by Crippen LogP contribution is -2.20. The molecule has 0 spiro atoms. The van der Waals surface area contributed by atoms with E-state index in [1.165, 1.54) is 10.6 Å². The van der Waals surface area contributed by atoms with Crippen molar-refractivity contribution in [2.75, 3.05) is 25.5 Å². The number of rotatable bonds is 6. The van der Waals surface area contributed by atoms with Crippen LogP contribution in [0.1, 0.15) is 23.5 Å². The molecule has 1 unspecified atom stereocenters. The van der Waals surface area contributed by atoms with Gasteiger partial charge in [0, 0.05) is 24.5 Å². The van der Waals surface area contributed by atoms with Gasteiger partial charge in [0.05, 0.1) is 17.6 Å². The molecule has 0 saturated heterocycles. The lowest BCUT2D eigenvalue weighted by atomic mass is 10.2. The van der Waals surface area contributed by atoms with Crippen molar-refractivity contribution in [1.29, 1.82) is 0 Å². The molecule has 102 valence electrons. The zero-order valence-electron chi connectivity index (χ0n) is 11.8. The van der Waals surface area contributed by atoms with E-state index < -0.39 is 0 Å². The first-order valence-corrected chi connectivity index (χ1v) is 7.45. The van der Waals surface area contributed by atoms with E-state index in [0.717, 1.165) is 18.7 Å². The highest BCUT2D eigenvalue weighted by Crippen LogP contribution is 2.16. The molecule has 0 aromatic carbocycles. The minimum absolute atomic E-state index is 0.297. The number of hydrogen-bond acceptors (Lipinski definition) is 4. The van der Waals surface area contributed by atoms with Crippen LogP contribution in [-0.2, 0) is 6.42 Å². The van der Waals surface area contributed by atoms with Gasteiger partial charge in [-0.3, -0.25) is 4.98 Å². The molecule has 2 rings (SSSR count). The van der Waals surface area contributed by atoms with Crippen LogP contribution in [0.3, 0.4) is 0 Å². The van der Waals surface area contributed by atoms with E-state index in [0.29, 0.717) is 6.04 Å². The Morgan fingerprint density at radius 2 is 2.21 bits per heavy atom. The number of likely N-dealkylation sites (N-methyl/N-ethyl adjacent to an activating group) is 1. The largest absolute Gasteiger partial charge is 0.373 e. The summed E-state index contributed by atoms with van der Waals surface area (Å²) in [6.07, 6.45) is 3.04. The van der Waals surface area contributed by atoms with Gasteiger partial charge in [-0.05, 0) is 44.0 Å². The van der Waals surface area contributed by atoms with E-state index in [1.807, 2.05) is 24.6 Å². The van der Waals surface area contributed by atoms with Crippen LogP contribution in [0.2, 0.25) is 0 Å². The maximum atomic E-state index is 4.51. The monoisotopic (exact) mass is 275 g/mol. The molecule has 3 nitrogen and oxygen atoms in total. The highest BCUT2D eigenvalue weighted by Gasteiger charge is 2.06. The number of thiophene rings is 1. The molecule has 0 aliphatic carbocycles. The summed E-state index contributed by atoms with van der Waals surface area (Å²) in [6.45, 7) is 3.13. The van der Waals surface area contributed by atoms with E-state index in [1.54, 1.807) is 0 Å². The maximum Gasteiger partial charge on any atom is 0.0571 e. The third-order valence-corrected chi connectivity index (χ3v) is 4.30. The quantitative estimate of drug-likeness (QED) is 0.878. The van der Waals surface area contributed by atoms with Gasteiger partial charge in [-0.15, -0.1) is 11.3 Å². The van der Waals surface area contributed by atoms with Crippen molar-refractivity contribution < 1.29 is 0 Å². The standard InChI is InChI=1S/C15H21N3S/c1-12(16-2)15-7-6-13(11-17-15)18(3)9-8-14-5-4-10-19-14/h4-7,10-12,16H,8-9H2,1-3H3. The Labute approximate surface area is 119 Å². The van der Waals surface area contributed by atoms with Gasteiger partial charge >= 0.3 is 0 Å². The highest BCUT2D eigenvalue weighted by atomic mass is 32.1. The number of hydrogen-bond donors (Lipinski definition) is 1. The van der Waals surface area contributed by atoms with Crippen molar-refractivity contribution in [3.05, 3.63) is 46.4 Å². The average Bonchev–Trinajstić information content (AvgIpc) is 2.97. The van der Waals surface area contributed by atoms with Gasteiger partial charge < -0.3 is 10.2 Å². The number of pyridine rings is 1. The zero-order chi connectivity index (χ0) is 13.7. The van der Waals surface area contributed by atoms with Crippen LogP contribution in [-0.4, -0.2) is 25.6 Å². The summed E-state index contributed by atoms with van der Waals surface area (Å²) in [7, 11) is 4.07. The van der Waals surface area contributed by atoms with E-state index in [2.05, 4.69) is 58.8 Å². The van der Waals surface area contributed by atoms with Gasteiger partial charge in [0.1, 0.15) is 0 Å². The van der Waals surface area contributed by atoms with E-state index in [-0.39, 0.29) is 0 Å². The zero-order valence-corrected chi connectivity index (χ0v) is 12.6. The highest BCUT2D eigenvalue weighted by molar-refractivity contribution is 7.09. The predicted molar refractivity (Wildman–Crippen MR) is 83.0 cm³/mol. The van der Waals surface area contributed by atoms with Crippen LogP contribution in [0.25, 0.3) is 0 Å². The fourth-order valence-electron chi connectivity index (χ4n) is 1.89. The summed E-state index contributed by atoms with van der Waals surface area (Å²) >= 11 is 1.82. The summed E-state index contributed by atoms with van der Waals surface area (Å²) < 4.78 is 0. The first-order valence-electron chi connectivity index (χ1n) is 6.57. The molecule has 0 aliphatic heterocycles. The summed E-state index contributed by atoms with van der Waals surface area (Å²) in [6, 6.07) is 8.83. The molecule has 0 amide bonds. The van der Waals surface area contributed by atoms with Crippen molar-refractivity contribution in [2.24, 2.45) is 0 Å². The van der Waals surface area contributed by atoms with Gasteiger partial charge in [-0.25, -0.2) is 0 Å². The minimum Gasteiger partial charge on any atom is -0.373 e. The van der Waals surface area contributed by atoms with Gasteiger partial charge in [-0.2, -0.15) is 0 Å². The first-order chi connectivity index (χ1) is 9.20. The van der Waals surface area contributed by atoms with Crippen LogP contribution in [0.15, 0.2) is 35.8 Å². The Bertz CT molecular complexity index is 479. The Morgan fingerprint density at radius 3 is 2.79 bits per heavy atom. The van der Waals surface area contributed by atoms with E-state index >= 15 is 0 Å². The lowest BCUT2D eigenvalue weighted by Gasteiger charge is -2.19. The van der Waals surface area contributed by atoms with Gasteiger partial charge in [0.15, 0.2) is 0 Å². The second-order valence-corrected chi connectivity index (χ2v) is 5.73. The number of aromatic nitrogens is 1. The SMILES string of the molecule is CNC(C)c1ccc(N(C)CCc2cccs2)cn1. The molecular weight excluding hydrogens is 254 g/mol. The molecule has 1 atom stereocenters. The predicted octanol–water partition coefficient (Wildman–Crippen LogP) is 3.10. The molecule has 19 heavy (non-hydrogen) atoms. The maximum absolute atomic E-state index is 4.51. The van der Waals surface area contributed by atoms with Crippen LogP contribution < -0.4 is 10.2 Å². The summed E-state index contributed by atoms with van der Waals surface area (Å²) in [4.78, 5) is 8.20. The minimum atomic E-state index is 0.297. The molecule has 4 heteroatoms. The first kappa shape index (κ1) is 14.0. The smallest absolute Gasteiger partial charge is 0.0571 e. The third-order valence-electron chi connectivity index (χ3n) is 3.36. The van der Waals surface area contributed by atoms with Crippen molar-refractivity contribution in [3.63, 3.8) is 0 Å². The fourth-order valence-corrected chi connectivity index (χ4v) is 2.59. The molecule has 2 aromatic heterocycles. The van der Waals surface area contributed by atoms with E-state index in [4.69, 9.17) is 0 Å². The lowest BCUT2D eigenvalue weighted by molar-refractivity contribution is 0.632. The molecule has 0 saturated carbocycles. The number of nitrogens with one attached hydrogen (secondary N) is 1. The summed E-state index contributed by atoms with van der Waals surface area (Å²) in [5, 5.41) is 5.33. The molecule has 2 heterocycles. The van der Waals surface area contributed by atoms with Crippen molar-refractivity contribution >= 4 is 17.0 Å².